The number of H-pyrrole nitrogens is 1. The van der Waals surface area contributed by atoms with Gasteiger partial charge in [0, 0.05) is 48.7 Å². The molecule has 0 atom stereocenters. The van der Waals surface area contributed by atoms with Crippen LogP contribution in [-0.2, 0) is 21.2 Å². The highest BCUT2D eigenvalue weighted by Gasteiger charge is 2.30. The van der Waals surface area contributed by atoms with E-state index < -0.39 is 16.0 Å². The second-order valence-electron chi connectivity index (χ2n) is 7.76. The van der Waals surface area contributed by atoms with Crippen molar-refractivity contribution < 1.29 is 22.7 Å². The van der Waals surface area contributed by atoms with E-state index in [0.717, 1.165) is 0 Å². The molecule has 2 heterocycles. The van der Waals surface area contributed by atoms with Gasteiger partial charge in [-0.3, -0.25) is 4.79 Å². The molecular formula is C23H20ClFN4O4S. The first kappa shape index (κ1) is 23.8. The van der Waals surface area contributed by atoms with Crippen molar-refractivity contribution in [1.29, 1.82) is 5.26 Å². The van der Waals surface area contributed by atoms with E-state index in [4.69, 9.17) is 11.6 Å². The minimum absolute atomic E-state index is 0.0688. The van der Waals surface area contributed by atoms with Crippen molar-refractivity contribution in [3.05, 3.63) is 70.8 Å². The number of nitrogens with zero attached hydrogens (tertiary/aromatic N) is 3. The Balaban J connectivity index is 1.64. The summed E-state index contributed by atoms with van der Waals surface area (Å²) in [5.41, 5.74) is 1.50. The van der Waals surface area contributed by atoms with E-state index in [0.29, 0.717) is 29.9 Å². The lowest BCUT2D eigenvalue weighted by molar-refractivity contribution is -0.136. The topological polar surface area (TPSA) is 117 Å². The van der Waals surface area contributed by atoms with Crippen LogP contribution >= 0.6 is 11.6 Å². The zero-order chi connectivity index (χ0) is 24.5. The Morgan fingerprint density at radius 3 is 2.53 bits per heavy atom. The molecule has 3 aromatic rings. The average molecular weight is 503 g/mol. The Bertz CT molecular complexity index is 1390. The number of anilines is 1. The summed E-state index contributed by atoms with van der Waals surface area (Å²) in [7, 11) is -3.95. The molecule has 11 heteroatoms. The van der Waals surface area contributed by atoms with Gasteiger partial charge in [-0.2, -0.15) is 9.57 Å². The van der Waals surface area contributed by atoms with Crippen molar-refractivity contribution in [2.75, 3.05) is 31.1 Å². The molecule has 0 spiro atoms. The lowest BCUT2D eigenvalue weighted by Crippen LogP contribution is -2.48. The fourth-order valence-electron chi connectivity index (χ4n) is 4.06. The standard InChI is InChI=1S/C23H20ClFN4O4S/c24-17-9-15(23-16(13-26)14-27-20(23)12-22(30)31)10-18(11-17)34(32,33)29-7-5-28(6-8-29)21-4-2-1-3-19(21)25/h1-4,9-11,14,27H,5-8,12H2,(H,30,31). The van der Waals surface area contributed by atoms with Crippen molar-refractivity contribution in [1.82, 2.24) is 9.29 Å². The molecule has 4 rings (SSSR count). The Morgan fingerprint density at radius 2 is 1.88 bits per heavy atom. The van der Waals surface area contributed by atoms with Gasteiger partial charge in [-0.05, 0) is 35.9 Å². The smallest absolute Gasteiger partial charge is 0.309 e. The van der Waals surface area contributed by atoms with E-state index in [1.54, 1.807) is 23.1 Å². The zero-order valence-electron chi connectivity index (χ0n) is 17.8. The van der Waals surface area contributed by atoms with Crippen LogP contribution in [0.25, 0.3) is 11.1 Å². The Hall–Kier alpha value is -3.39. The molecule has 0 aliphatic carbocycles. The van der Waals surface area contributed by atoms with Crippen molar-refractivity contribution in [2.24, 2.45) is 0 Å². The molecule has 34 heavy (non-hydrogen) atoms. The highest BCUT2D eigenvalue weighted by Crippen LogP contribution is 2.33. The number of halogens is 2. The lowest BCUT2D eigenvalue weighted by Gasteiger charge is -2.35. The number of rotatable bonds is 6. The van der Waals surface area contributed by atoms with Gasteiger partial charge in [0.05, 0.1) is 22.6 Å². The van der Waals surface area contributed by atoms with Crippen LogP contribution in [0.1, 0.15) is 11.3 Å². The van der Waals surface area contributed by atoms with Crippen molar-refractivity contribution in [3.63, 3.8) is 0 Å². The van der Waals surface area contributed by atoms with E-state index in [9.17, 15) is 28.0 Å². The second kappa shape index (κ2) is 9.46. The average Bonchev–Trinajstić information content (AvgIpc) is 3.21. The molecule has 1 aliphatic rings. The van der Waals surface area contributed by atoms with Crippen LogP contribution in [-0.4, -0.2) is 55.0 Å². The summed E-state index contributed by atoms with van der Waals surface area (Å²) in [6.45, 7) is 0.923. The molecule has 1 aliphatic heterocycles. The van der Waals surface area contributed by atoms with Crippen LogP contribution < -0.4 is 4.90 Å². The Morgan fingerprint density at radius 1 is 1.18 bits per heavy atom. The van der Waals surface area contributed by atoms with Crippen LogP contribution in [0.3, 0.4) is 0 Å². The molecule has 0 amide bonds. The van der Waals surface area contributed by atoms with Gasteiger partial charge in [0.25, 0.3) is 0 Å². The highest BCUT2D eigenvalue weighted by molar-refractivity contribution is 7.89. The quantitative estimate of drug-likeness (QED) is 0.533. The normalized spacial score (nSPS) is 14.7. The van der Waals surface area contributed by atoms with E-state index in [-0.39, 0.29) is 46.5 Å². The van der Waals surface area contributed by atoms with E-state index in [1.807, 2.05) is 6.07 Å². The summed E-state index contributed by atoms with van der Waals surface area (Å²) in [6, 6.07) is 12.5. The number of carboxylic acids is 1. The third-order valence-corrected chi connectivity index (χ3v) is 7.73. The van der Waals surface area contributed by atoms with Gasteiger partial charge in [0.15, 0.2) is 0 Å². The van der Waals surface area contributed by atoms with E-state index >= 15 is 0 Å². The number of hydrogen-bond acceptors (Lipinski definition) is 5. The van der Waals surface area contributed by atoms with Crippen LogP contribution in [0, 0.1) is 17.1 Å². The Labute approximate surface area is 200 Å². The van der Waals surface area contributed by atoms with Crippen molar-refractivity contribution in [2.45, 2.75) is 11.3 Å². The van der Waals surface area contributed by atoms with Crippen LogP contribution in [0.4, 0.5) is 10.1 Å². The van der Waals surface area contributed by atoms with Gasteiger partial charge in [-0.25, -0.2) is 12.8 Å². The predicted octanol–water partition coefficient (Wildman–Crippen LogP) is 3.48. The molecule has 0 unspecified atom stereocenters. The van der Waals surface area contributed by atoms with Crippen LogP contribution in [0.2, 0.25) is 5.02 Å². The summed E-state index contributed by atoms with van der Waals surface area (Å²) >= 11 is 6.24. The molecule has 2 N–H and O–H groups in total. The molecule has 0 saturated carbocycles. The number of aromatic amines is 1. The first-order valence-electron chi connectivity index (χ1n) is 10.3. The summed E-state index contributed by atoms with van der Waals surface area (Å²) in [4.78, 5) is 15.7. The molecule has 2 aromatic carbocycles. The zero-order valence-corrected chi connectivity index (χ0v) is 19.4. The summed E-state index contributed by atoms with van der Waals surface area (Å²) < 4.78 is 42.2. The third kappa shape index (κ3) is 4.63. The molecule has 0 radical (unpaired) electrons. The van der Waals surface area contributed by atoms with Gasteiger partial charge in [-0.1, -0.05) is 23.7 Å². The molecule has 1 fully saturated rings. The van der Waals surface area contributed by atoms with E-state index in [2.05, 4.69) is 4.98 Å². The van der Waals surface area contributed by atoms with Crippen LogP contribution in [0.5, 0.6) is 0 Å². The van der Waals surface area contributed by atoms with Gasteiger partial charge in [0.1, 0.15) is 11.9 Å². The number of aromatic nitrogens is 1. The first-order valence-corrected chi connectivity index (χ1v) is 12.1. The number of aliphatic carboxylic acids is 1. The number of carbonyl (C=O) groups is 1. The number of para-hydroxylation sites is 1. The summed E-state index contributed by atoms with van der Waals surface area (Å²) in [6.07, 6.45) is 1.01. The van der Waals surface area contributed by atoms with Gasteiger partial charge < -0.3 is 15.0 Å². The maximum absolute atomic E-state index is 14.1. The summed E-state index contributed by atoms with van der Waals surface area (Å²) in [5.74, 6) is -1.47. The van der Waals surface area contributed by atoms with E-state index in [1.165, 1.54) is 34.8 Å². The molecule has 1 saturated heterocycles. The first-order chi connectivity index (χ1) is 16.2. The monoisotopic (exact) mass is 502 g/mol. The molecule has 176 valence electrons. The maximum Gasteiger partial charge on any atom is 0.309 e. The summed E-state index contributed by atoms with van der Waals surface area (Å²) in [5, 5.41) is 18.8. The number of nitriles is 1. The molecule has 8 nitrogen and oxygen atoms in total. The molecular weight excluding hydrogens is 483 g/mol. The number of nitrogens with one attached hydrogen (secondary N) is 1. The number of sulfonamides is 1. The van der Waals surface area contributed by atoms with Crippen molar-refractivity contribution >= 4 is 33.3 Å². The highest BCUT2D eigenvalue weighted by atomic mass is 35.5. The second-order valence-corrected chi connectivity index (χ2v) is 10.1. The SMILES string of the molecule is N#Cc1c[nH]c(CC(=O)O)c1-c1cc(Cl)cc(S(=O)(=O)N2CCN(c3ccccc3F)CC2)c1. The fourth-order valence-corrected chi connectivity index (χ4v) is 5.85. The van der Waals surface area contributed by atoms with Crippen molar-refractivity contribution in [3.8, 4) is 17.2 Å². The van der Waals surface area contributed by atoms with Gasteiger partial charge >= 0.3 is 5.97 Å². The number of piperazine rings is 1. The maximum atomic E-state index is 14.1. The Kier molecular flexibility index (Phi) is 6.61. The largest absolute Gasteiger partial charge is 0.481 e. The third-order valence-electron chi connectivity index (χ3n) is 5.64. The predicted molar refractivity (Wildman–Crippen MR) is 125 cm³/mol. The number of benzene rings is 2. The fraction of sp³-hybridized carbons (Fsp3) is 0.217. The molecule has 0 bridgehead atoms. The minimum Gasteiger partial charge on any atom is -0.481 e. The number of hydrogen-bond donors (Lipinski definition) is 2. The minimum atomic E-state index is -3.95. The molecule has 1 aromatic heterocycles. The van der Waals surface area contributed by atoms with Gasteiger partial charge in [-0.15, -0.1) is 0 Å². The lowest BCUT2D eigenvalue weighted by atomic mass is 10.0. The van der Waals surface area contributed by atoms with Gasteiger partial charge in [0.2, 0.25) is 10.0 Å². The number of carboxylic acid groups (broad SMARTS) is 1. The van der Waals surface area contributed by atoms with Crippen LogP contribution in [0.15, 0.2) is 53.6 Å².